The number of benzene rings is 3. The number of para-hydroxylation sites is 2. The lowest BCUT2D eigenvalue weighted by Gasteiger charge is -2.07. The highest BCUT2D eigenvalue weighted by Gasteiger charge is 2.17. The molecule has 0 aliphatic heterocycles. The first-order valence-electron chi connectivity index (χ1n) is 9.16. The van der Waals surface area contributed by atoms with Gasteiger partial charge >= 0.3 is 0 Å². The van der Waals surface area contributed by atoms with Crippen molar-refractivity contribution in [2.24, 2.45) is 0 Å². The second-order valence-electron chi connectivity index (χ2n) is 6.68. The number of fused-ring (bicyclic) bond motifs is 1. The number of hydrogen-bond donors (Lipinski definition) is 0. The van der Waals surface area contributed by atoms with E-state index in [9.17, 15) is 8.78 Å². The third-order valence-electron chi connectivity index (χ3n) is 4.77. The quantitative estimate of drug-likeness (QED) is 0.381. The first kappa shape index (κ1) is 17.3. The van der Waals surface area contributed by atoms with E-state index in [1.165, 1.54) is 18.2 Å². The minimum Gasteiger partial charge on any atom is -0.243 e. The predicted molar refractivity (Wildman–Crippen MR) is 110 cm³/mol. The van der Waals surface area contributed by atoms with Crippen LogP contribution < -0.4 is 0 Å². The molecule has 0 bridgehead atoms. The number of aromatic nitrogens is 3. The van der Waals surface area contributed by atoms with Gasteiger partial charge in [-0.2, -0.15) is 5.10 Å². The largest absolute Gasteiger partial charge is 0.243 e. The summed E-state index contributed by atoms with van der Waals surface area (Å²) in [6.45, 7) is 0. The monoisotopic (exact) mass is 383 g/mol. The first-order chi connectivity index (χ1) is 14.2. The van der Waals surface area contributed by atoms with Gasteiger partial charge in [0.15, 0.2) is 5.82 Å². The van der Waals surface area contributed by atoms with Crippen LogP contribution in [0, 0.1) is 11.6 Å². The molecule has 0 unspecified atom stereocenters. The van der Waals surface area contributed by atoms with Crippen molar-refractivity contribution in [3.05, 3.63) is 103 Å². The molecule has 3 aromatic carbocycles. The van der Waals surface area contributed by atoms with Gasteiger partial charge < -0.3 is 0 Å². The van der Waals surface area contributed by atoms with Crippen LogP contribution in [0.15, 0.2) is 91.0 Å². The van der Waals surface area contributed by atoms with Crippen molar-refractivity contribution in [2.45, 2.75) is 0 Å². The van der Waals surface area contributed by atoms with Gasteiger partial charge in [0.2, 0.25) is 0 Å². The second-order valence-corrected chi connectivity index (χ2v) is 6.68. The predicted octanol–water partition coefficient (Wildman–Crippen LogP) is 6.03. The maximum Gasteiger partial charge on any atom is 0.151 e. The Balaban J connectivity index is 1.73. The molecule has 5 heteroatoms. The van der Waals surface area contributed by atoms with Crippen LogP contribution in [0.5, 0.6) is 0 Å². The van der Waals surface area contributed by atoms with Crippen LogP contribution in [0.1, 0.15) is 0 Å². The molecule has 0 aliphatic carbocycles. The van der Waals surface area contributed by atoms with Crippen molar-refractivity contribution < 1.29 is 8.78 Å². The Morgan fingerprint density at radius 1 is 0.724 bits per heavy atom. The lowest BCUT2D eigenvalue weighted by Crippen LogP contribution is -1.99. The Morgan fingerprint density at radius 3 is 2.24 bits per heavy atom. The zero-order valence-electron chi connectivity index (χ0n) is 15.3. The molecular weight excluding hydrogens is 368 g/mol. The molecule has 5 aromatic rings. The standard InChI is InChI=1S/C24H15F2N3/c25-18-12-10-16(11-13-18)23-15-22(28-29(23)19-7-2-1-3-8-19)24-20(26)14-17-6-4-5-9-21(17)27-24/h1-15H. The number of halogens is 2. The summed E-state index contributed by atoms with van der Waals surface area (Å²) in [4.78, 5) is 4.49. The normalized spacial score (nSPS) is 11.1. The summed E-state index contributed by atoms with van der Waals surface area (Å²) >= 11 is 0. The van der Waals surface area contributed by atoms with Crippen molar-refractivity contribution in [1.82, 2.24) is 14.8 Å². The molecule has 5 rings (SSSR count). The molecule has 0 radical (unpaired) electrons. The lowest BCUT2D eigenvalue weighted by molar-refractivity contribution is 0.627. The highest BCUT2D eigenvalue weighted by molar-refractivity contribution is 5.82. The summed E-state index contributed by atoms with van der Waals surface area (Å²) in [7, 11) is 0. The van der Waals surface area contributed by atoms with Crippen molar-refractivity contribution in [1.29, 1.82) is 0 Å². The molecule has 0 saturated heterocycles. The molecule has 0 amide bonds. The van der Waals surface area contributed by atoms with E-state index in [-0.39, 0.29) is 11.5 Å². The van der Waals surface area contributed by atoms with Crippen molar-refractivity contribution in [2.75, 3.05) is 0 Å². The molecule has 0 fully saturated rings. The molecule has 0 aliphatic rings. The maximum absolute atomic E-state index is 14.8. The second kappa shape index (κ2) is 6.95. The lowest BCUT2D eigenvalue weighted by atomic mass is 10.1. The van der Waals surface area contributed by atoms with Gasteiger partial charge in [-0.3, -0.25) is 0 Å². The fourth-order valence-corrected chi connectivity index (χ4v) is 3.36. The molecule has 140 valence electrons. The Kier molecular flexibility index (Phi) is 4.13. The number of pyridine rings is 1. The van der Waals surface area contributed by atoms with Gasteiger partial charge in [0.05, 0.1) is 16.9 Å². The van der Waals surface area contributed by atoms with Crippen LogP contribution in [0.3, 0.4) is 0 Å². The third-order valence-corrected chi connectivity index (χ3v) is 4.77. The highest BCUT2D eigenvalue weighted by Crippen LogP contribution is 2.30. The van der Waals surface area contributed by atoms with Gasteiger partial charge in [-0.15, -0.1) is 0 Å². The van der Waals surface area contributed by atoms with Gasteiger partial charge in [0, 0.05) is 10.9 Å². The highest BCUT2D eigenvalue weighted by atomic mass is 19.1. The minimum atomic E-state index is -0.438. The fourth-order valence-electron chi connectivity index (χ4n) is 3.36. The van der Waals surface area contributed by atoms with E-state index in [0.717, 1.165) is 22.3 Å². The van der Waals surface area contributed by atoms with E-state index in [4.69, 9.17) is 0 Å². The maximum atomic E-state index is 14.8. The van der Waals surface area contributed by atoms with E-state index in [1.54, 1.807) is 22.9 Å². The van der Waals surface area contributed by atoms with Gasteiger partial charge in [0.25, 0.3) is 0 Å². The molecule has 0 spiro atoms. The molecular formula is C24H15F2N3. The molecule has 0 N–H and O–H groups in total. The number of nitrogens with zero attached hydrogens (tertiary/aromatic N) is 3. The topological polar surface area (TPSA) is 30.7 Å². The summed E-state index contributed by atoms with van der Waals surface area (Å²) in [6, 6.07) is 26.3. The SMILES string of the molecule is Fc1ccc(-c2cc(-c3nc4ccccc4cc3F)nn2-c2ccccc2)cc1. The average molecular weight is 383 g/mol. The van der Waals surface area contributed by atoms with Crippen LogP contribution in [0.25, 0.3) is 39.2 Å². The van der Waals surface area contributed by atoms with E-state index < -0.39 is 5.82 Å². The van der Waals surface area contributed by atoms with Crippen LogP contribution >= 0.6 is 0 Å². The number of rotatable bonds is 3. The molecule has 29 heavy (non-hydrogen) atoms. The number of hydrogen-bond acceptors (Lipinski definition) is 2. The third kappa shape index (κ3) is 3.17. The van der Waals surface area contributed by atoms with Crippen molar-refractivity contribution in [3.63, 3.8) is 0 Å². The molecule has 0 saturated carbocycles. The molecule has 3 nitrogen and oxygen atoms in total. The zero-order chi connectivity index (χ0) is 19.8. The molecule has 2 aromatic heterocycles. The first-order valence-corrected chi connectivity index (χ1v) is 9.16. The van der Waals surface area contributed by atoms with Gasteiger partial charge in [0.1, 0.15) is 17.2 Å². The smallest absolute Gasteiger partial charge is 0.151 e. The van der Waals surface area contributed by atoms with Crippen LogP contribution in [0.4, 0.5) is 8.78 Å². The minimum absolute atomic E-state index is 0.182. The molecule has 2 heterocycles. The Bertz CT molecular complexity index is 1310. The van der Waals surface area contributed by atoms with E-state index >= 15 is 0 Å². The van der Waals surface area contributed by atoms with E-state index in [2.05, 4.69) is 10.1 Å². The van der Waals surface area contributed by atoms with Crippen molar-refractivity contribution >= 4 is 10.9 Å². The summed E-state index contributed by atoms with van der Waals surface area (Å²) in [5.74, 6) is -0.756. The summed E-state index contributed by atoms with van der Waals surface area (Å²) in [6.07, 6.45) is 0. The van der Waals surface area contributed by atoms with Gasteiger partial charge in [-0.1, -0.05) is 36.4 Å². The summed E-state index contributed by atoms with van der Waals surface area (Å²) < 4.78 is 30.0. The summed E-state index contributed by atoms with van der Waals surface area (Å²) in [5, 5.41) is 5.37. The van der Waals surface area contributed by atoms with E-state index in [0.29, 0.717) is 11.2 Å². The van der Waals surface area contributed by atoms with Crippen LogP contribution in [0.2, 0.25) is 0 Å². The van der Waals surface area contributed by atoms with Crippen LogP contribution in [-0.2, 0) is 0 Å². The Labute approximate surface area is 165 Å². The van der Waals surface area contributed by atoms with Gasteiger partial charge in [-0.25, -0.2) is 18.4 Å². The van der Waals surface area contributed by atoms with Crippen molar-refractivity contribution in [3.8, 4) is 28.3 Å². The zero-order valence-corrected chi connectivity index (χ0v) is 15.3. The average Bonchev–Trinajstić information content (AvgIpc) is 3.19. The molecule has 0 atom stereocenters. The van der Waals surface area contributed by atoms with Gasteiger partial charge in [-0.05, 0) is 54.6 Å². The Hall–Kier alpha value is -3.86. The van der Waals surface area contributed by atoms with Crippen LogP contribution in [-0.4, -0.2) is 14.8 Å². The summed E-state index contributed by atoms with van der Waals surface area (Å²) in [5.41, 5.74) is 3.61. The van der Waals surface area contributed by atoms with E-state index in [1.807, 2.05) is 54.6 Å². The fraction of sp³-hybridized carbons (Fsp3) is 0. The Morgan fingerprint density at radius 2 is 1.45 bits per heavy atom.